The standard InChI is InChI=1S/C23H29ClN2O5/c1-22(2)14-23(28,25-10-9-16-7-5-4-6-8-16)17-11-18(26-21(27)13-24)20(30-15-29-3)12-19(17)31-22/h4-8,11-12,25,28H,9-10,13-15H2,1-3H3,(H,26,27). The highest BCUT2D eigenvalue weighted by Crippen LogP contribution is 2.46. The monoisotopic (exact) mass is 448 g/mol. The minimum absolute atomic E-state index is 0.00841. The molecule has 1 atom stereocenters. The van der Waals surface area contributed by atoms with Crippen molar-refractivity contribution in [3.05, 3.63) is 53.6 Å². The van der Waals surface area contributed by atoms with Crippen LogP contribution in [0.2, 0.25) is 0 Å². The summed E-state index contributed by atoms with van der Waals surface area (Å²) in [5.74, 6) is 0.245. The van der Waals surface area contributed by atoms with Gasteiger partial charge in [0.05, 0.1) is 5.69 Å². The summed E-state index contributed by atoms with van der Waals surface area (Å²) in [6.07, 6.45) is 1.08. The summed E-state index contributed by atoms with van der Waals surface area (Å²) in [7, 11) is 1.50. The molecule has 31 heavy (non-hydrogen) atoms. The van der Waals surface area contributed by atoms with Gasteiger partial charge in [-0.1, -0.05) is 30.3 Å². The normalized spacial score (nSPS) is 19.3. The van der Waals surface area contributed by atoms with E-state index >= 15 is 0 Å². The van der Waals surface area contributed by atoms with Crippen molar-refractivity contribution < 1.29 is 24.1 Å². The second kappa shape index (κ2) is 9.87. The second-order valence-corrected chi connectivity index (χ2v) is 8.41. The van der Waals surface area contributed by atoms with Crippen molar-refractivity contribution in [2.75, 3.05) is 31.6 Å². The Labute approximate surface area is 187 Å². The van der Waals surface area contributed by atoms with Crippen LogP contribution in [0.3, 0.4) is 0 Å². The van der Waals surface area contributed by atoms with Crippen LogP contribution in [-0.4, -0.2) is 42.9 Å². The number of methoxy groups -OCH3 is 1. The molecule has 0 saturated heterocycles. The molecule has 3 rings (SSSR count). The molecular formula is C23H29ClN2O5. The molecule has 0 fully saturated rings. The molecule has 1 aliphatic heterocycles. The Hall–Kier alpha value is -2.32. The van der Waals surface area contributed by atoms with E-state index in [2.05, 4.69) is 10.6 Å². The number of aliphatic hydroxyl groups is 1. The molecule has 2 aromatic rings. The third-order valence-corrected chi connectivity index (χ3v) is 5.24. The Morgan fingerprint density at radius 3 is 2.68 bits per heavy atom. The molecule has 0 radical (unpaired) electrons. The number of benzene rings is 2. The van der Waals surface area contributed by atoms with E-state index in [0.717, 1.165) is 6.42 Å². The summed E-state index contributed by atoms with van der Waals surface area (Å²) in [6.45, 7) is 4.38. The van der Waals surface area contributed by atoms with Gasteiger partial charge in [0.15, 0.2) is 6.79 Å². The molecule has 0 aromatic heterocycles. The van der Waals surface area contributed by atoms with Crippen LogP contribution in [0.4, 0.5) is 5.69 Å². The minimum Gasteiger partial charge on any atom is -0.487 e. The predicted molar refractivity (Wildman–Crippen MR) is 120 cm³/mol. The van der Waals surface area contributed by atoms with E-state index in [1.54, 1.807) is 12.1 Å². The average molecular weight is 449 g/mol. The summed E-state index contributed by atoms with van der Waals surface area (Å²) < 4.78 is 16.7. The maximum Gasteiger partial charge on any atom is 0.239 e. The molecule has 1 heterocycles. The first-order valence-corrected chi connectivity index (χ1v) is 10.7. The highest BCUT2D eigenvalue weighted by Gasteiger charge is 2.44. The van der Waals surface area contributed by atoms with Crippen LogP contribution in [0, 0.1) is 0 Å². The predicted octanol–water partition coefficient (Wildman–Crippen LogP) is 3.39. The highest BCUT2D eigenvalue weighted by atomic mass is 35.5. The van der Waals surface area contributed by atoms with Crippen molar-refractivity contribution >= 4 is 23.2 Å². The Balaban J connectivity index is 1.92. The number of rotatable bonds is 9. The fraction of sp³-hybridized carbons (Fsp3) is 0.435. The number of alkyl halides is 1. The number of amides is 1. The fourth-order valence-electron chi connectivity index (χ4n) is 3.75. The quantitative estimate of drug-likeness (QED) is 0.402. The van der Waals surface area contributed by atoms with Gasteiger partial charge in [0.25, 0.3) is 0 Å². The van der Waals surface area contributed by atoms with Crippen LogP contribution < -0.4 is 20.1 Å². The Kier molecular flexibility index (Phi) is 7.43. The zero-order chi connectivity index (χ0) is 22.5. The van der Waals surface area contributed by atoms with Gasteiger partial charge in [0.2, 0.25) is 5.91 Å². The topological polar surface area (TPSA) is 89.1 Å². The molecule has 1 amide bonds. The van der Waals surface area contributed by atoms with Crippen molar-refractivity contribution in [3.63, 3.8) is 0 Å². The number of anilines is 1. The fourth-order valence-corrected chi connectivity index (χ4v) is 3.82. The smallest absolute Gasteiger partial charge is 0.239 e. The third-order valence-electron chi connectivity index (χ3n) is 5.00. The van der Waals surface area contributed by atoms with Crippen LogP contribution in [0.5, 0.6) is 11.5 Å². The first-order chi connectivity index (χ1) is 14.8. The number of halogens is 1. The maximum absolute atomic E-state index is 11.9. The van der Waals surface area contributed by atoms with E-state index < -0.39 is 11.3 Å². The van der Waals surface area contributed by atoms with E-state index in [1.807, 2.05) is 44.2 Å². The van der Waals surface area contributed by atoms with Gasteiger partial charge >= 0.3 is 0 Å². The molecule has 1 unspecified atom stereocenters. The molecule has 7 nitrogen and oxygen atoms in total. The lowest BCUT2D eigenvalue weighted by Gasteiger charge is -2.43. The van der Waals surface area contributed by atoms with Crippen molar-refractivity contribution in [2.24, 2.45) is 0 Å². The maximum atomic E-state index is 11.9. The van der Waals surface area contributed by atoms with Gasteiger partial charge in [0, 0.05) is 31.7 Å². The largest absolute Gasteiger partial charge is 0.487 e. The van der Waals surface area contributed by atoms with Crippen LogP contribution in [0.25, 0.3) is 0 Å². The molecule has 0 aliphatic carbocycles. The van der Waals surface area contributed by atoms with Gasteiger partial charge in [-0.3, -0.25) is 10.1 Å². The first-order valence-electron chi connectivity index (χ1n) is 10.1. The van der Waals surface area contributed by atoms with E-state index in [1.165, 1.54) is 12.7 Å². The van der Waals surface area contributed by atoms with Gasteiger partial charge < -0.3 is 24.6 Å². The van der Waals surface area contributed by atoms with Crippen molar-refractivity contribution in [1.29, 1.82) is 0 Å². The van der Waals surface area contributed by atoms with Gasteiger partial charge in [-0.25, -0.2) is 0 Å². The van der Waals surface area contributed by atoms with Crippen LogP contribution in [0.1, 0.15) is 31.4 Å². The highest BCUT2D eigenvalue weighted by molar-refractivity contribution is 6.29. The van der Waals surface area contributed by atoms with Gasteiger partial charge in [0.1, 0.15) is 28.7 Å². The van der Waals surface area contributed by atoms with E-state index in [4.69, 9.17) is 25.8 Å². The SMILES string of the molecule is COCOc1cc2c(cc1NC(=O)CCl)C(O)(NCCc1ccccc1)CC(C)(C)O2. The Morgan fingerprint density at radius 2 is 2.00 bits per heavy atom. The number of ether oxygens (including phenoxy) is 3. The van der Waals surface area contributed by atoms with Gasteiger partial charge in [-0.15, -0.1) is 11.6 Å². The van der Waals surface area contributed by atoms with Crippen molar-refractivity contribution in [2.45, 2.75) is 38.0 Å². The second-order valence-electron chi connectivity index (χ2n) is 8.14. The lowest BCUT2D eigenvalue weighted by molar-refractivity contribution is -0.114. The number of nitrogens with one attached hydrogen (secondary N) is 2. The van der Waals surface area contributed by atoms with E-state index in [0.29, 0.717) is 35.7 Å². The molecule has 1 aliphatic rings. The number of hydrogen-bond donors (Lipinski definition) is 3. The lowest BCUT2D eigenvalue weighted by Crippen LogP contribution is -2.53. The zero-order valence-corrected chi connectivity index (χ0v) is 18.8. The van der Waals surface area contributed by atoms with E-state index in [9.17, 15) is 9.90 Å². The number of hydrogen-bond acceptors (Lipinski definition) is 6. The van der Waals surface area contributed by atoms with Crippen LogP contribution >= 0.6 is 11.6 Å². The number of fused-ring (bicyclic) bond motifs is 1. The average Bonchev–Trinajstić information content (AvgIpc) is 2.72. The zero-order valence-electron chi connectivity index (χ0n) is 18.0. The molecule has 0 bridgehead atoms. The third kappa shape index (κ3) is 5.89. The summed E-state index contributed by atoms with van der Waals surface area (Å²) in [6, 6.07) is 13.4. The molecule has 8 heteroatoms. The summed E-state index contributed by atoms with van der Waals surface area (Å²) in [5.41, 5.74) is 0.0959. The summed E-state index contributed by atoms with van der Waals surface area (Å²) >= 11 is 5.66. The molecule has 0 saturated carbocycles. The summed E-state index contributed by atoms with van der Waals surface area (Å²) in [5, 5.41) is 17.6. The van der Waals surface area contributed by atoms with Gasteiger partial charge in [-0.05, 0) is 31.9 Å². The van der Waals surface area contributed by atoms with Gasteiger partial charge in [-0.2, -0.15) is 0 Å². The molecule has 2 aromatic carbocycles. The van der Waals surface area contributed by atoms with Crippen LogP contribution in [-0.2, 0) is 21.7 Å². The summed E-state index contributed by atoms with van der Waals surface area (Å²) in [4.78, 5) is 11.9. The van der Waals surface area contributed by atoms with Crippen LogP contribution in [0.15, 0.2) is 42.5 Å². The molecular weight excluding hydrogens is 420 g/mol. The lowest BCUT2D eigenvalue weighted by atomic mass is 9.85. The molecule has 3 N–H and O–H groups in total. The number of carbonyl (C=O) groups is 1. The molecule has 168 valence electrons. The van der Waals surface area contributed by atoms with Crippen molar-refractivity contribution in [3.8, 4) is 11.5 Å². The number of carbonyl (C=O) groups excluding carboxylic acids is 1. The molecule has 0 spiro atoms. The Bertz CT molecular complexity index is 906. The van der Waals surface area contributed by atoms with E-state index in [-0.39, 0.29) is 18.6 Å². The van der Waals surface area contributed by atoms with Crippen molar-refractivity contribution in [1.82, 2.24) is 5.32 Å². The minimum atomic E-state index is -1.36. The first kappa shape index (κ1) is 23.3. The Morgan fingerprint density at radius 1 is 1.26 bits per heavy atom.